The summed E-state index contributed by atoms with van der Waals surface area (Å²) in [6.45, 7) is 1.40. The van der Waals surface area contributed by atoms with Crippen molar-refractivity contribution in [2.24, 2.45) is 0 Å². The monoisotopic (exact) mass is 571 g/mol. The summed E-state index contributed by atoms with van der Waals surface area (Å²) < 4.78 is 23.4. The van der Waals surface area contributed by atoms with Gasteiger partial charge in [-0.25, -0.2) is 14.2 Å². The van der Waals surface area contributed by atoms with E-state index in [2.05, 4.69) is 9.97 Å². The highest BCUT2D eigenvalue weighted by Gasteiger charge is 2.47. The third-order valence-electron chi connectivity index (χ3n) is 7.60. The first kappa shape index (κ1) is 24.2. The zero-order valence-electron chi connectivity index (χ0n) is 20.2. The number of aromatic amines is 1. The largest absolute Gasteiger partial charge is 0.484 e. The third kappa shape index (κ3) is 3.82. The van der Waals surface area contributed by atoms with Crippen LogP contribution in [0.5, 0.6) is 5.75 Å². The van der Waals surface area contributed by atoms with Crippen molar-refractivity contribution < 1.29 is 23.8 Å². The fourth-order valence-corrected chi connectivity index (χ4v) is 5.89. The summed E-state index contributed by atoms with van der Waals surface area (Å²) in [7, 11) is 0. The van der Waals surface area contributed by atoms with Gasteiger partial charge in [0.2, 0.25) is 11.3 Å². The number of fused-ring (bicyclic) bond motifs is 3. The Hall–Kier alpha value is -3.83. The molecule has 200 valence electrons. The molecular formula is C26H20Cl2FN5O5. The highest BCUT2D eigenvalue weighted by Crippen LogP contribution is 2.51. The standard InChI is InChI=1S/C26H20Cl2FN5O5/c27-13-6-16-17(7-14(13)28)31-20(30-16)9-21(35)32-1-3-33(4-2-32)23-15(29)5-11-22-25(23)39-19-8-18(19)34(22)10-12(24(11)36)26(37)38/h5-7,10,18-19H,1-4,8-9H2,(H,30,31)(H,37,38). The fraction of sp³-hybridized carbons (Fsp3) is 0.308. The summed E-state index contributed by atoms with van der Waals surface area (Å²) >= 11 is 12.1. The second kappa shape index (κ2) is 8.59. The van der Waals surface area contributed by atoms with Crippen LogP contribution >= 0.6 is 23.2 Å². The van der Waals surface area contributed by atoms with Crippen molar-refractivity contribution in [3.63, 3.8) is 0 Å². The van der Waals surface area contributed by atoms with Gasteiger partial charge in [-0.2, -0.15) is 0 Å². The Labute approximate surface area is 229 Å². The maximum atomic E-state index is 15.5. The molecule has 13 heteroatoms. The number of piperazine rings is 1. The van der Waals surface area contributed by atoms with E-state index in [4.69, 9.17) is 27.9 Å². The number of hydrogen-bond donors (Lipinski definition) is 2. The Morgan fingerprint density at radius 1 is 1.15 bits per heavy atom. The van der Waals surface area contributed by atoms with E-state index in [0.29, 0.717) is 65.0 Å². The second-order valence-electron chi connectivity index (χ2n) is 9.99. The number of anilines is 1. The van der Waals surface area contributed by atoms with E-state index in [1.165, 1.54) is 6.20 Å². The molecule has 1 saturated carbocycles. The molecular weight excluding hydrogens is 552 g/mol. The average Bonchev–Trinajstić information content (AvgIpc) is 3.58. The molecule has 4 heterocycles. The van der Waals surface area contributed by atoms with Crippen molar-refractivity contribution >= 4 is 62.7 Å². The lowest BCUT2D eigenvalue weighted by molar-refractivity contribution is -0.130. The third-order valence-corrected chi connectivity index (χ3v) is 8.32. The minimum atomic E-state index is -1.35. The number of rotatable bonds is 4. The number of halogens is 3. The zero-order valence-corrected chi connectivity index (χ0v) is 21.7. The zero-order chi connectivity index (χ0) is 27.2. The maximum Gasteiger partial charge on any atom is 0.341 e. The van der Waals surface area contributed by atoms with Crippen molar-refractivity contribution in [2.45, 2.75) is 25.0 Å². The number of carboxylic acid groups (broad SMARTS) is 1. The average molecular weight is 572 g/mol. The topological polar surface area (TPSA) is 121 Å². The lowest BCUT2D eigenvalue weighted by Gasteiger charge is -2.37. The van der Waals surface area contributed by atoms with Crippen LogP contribution in [0, 0.1) is 5.82 Å². The number of carbonyl (C=O) groups is 2. The van der Waals surface area contributed by atoms with Gasteiger partial charge in [0.05, 0.1) is 44.4 Å². The summed E-state index contributed by atoms with van der Waals surface area (Å²) in [4.78, 5) is 48.5. The highest BCUT2D eigenvalue weighted by atomic mass is 35.5. The second-order valence-corrected chi connectivity index (χ2v) is 10.8. The number of carboxylic acids is 1. The number of aromatic nitrogens is 3. The number of pyridine rings is 1. The van der Waals surface area contributed by atoms with Crippen molar-refractivity contribution in [1.82, 2.24) is 19.4 Å². The van der Waals surface area contributed by atoms with Gasteiger partial charge in [0.15, 0.2) is 11.6 Å². The first-order valence-corrected chi connectivity index (χ1v) is 13.1. The van der Waals surface area contributed by atoms with Gasteiger partial charge in [0, 0.05) is 38.8 Å². The minimum Gasteiger partial charge on any atom is -0.484 e. The molecule has 3 aliphatic rings. The predicted molar refractivity (Wildman–Crippen MR) is 142 cm³/mol. The molecule has 2 unspecified atom stereocenters. The highest BCUT2D eigenvalue weighted by molar-refractivity contribution is 6.42. The molecule has 1 amide bonds. The van der Waals surface area contributed by atoms with Gasteiger partial charge >= 0.3 is 5.97 Å². The summed E-state index contributed by atoms with van der Waals surface area (Å²) in [5.41, 5.74) is 0.796. The van der Waals surface area contributed by atoms with Gasteiger partial charge in [-0.1, -0.05) is 23.2 Å². The smallest absolute Gasteiger partial charge is 0.341 e. The molecule has 1 aliphatic carbocycles. The predicted octanol–water partition coefficient (Wildman–Crippen LogP) is 3.62. The van der Waals surface area contributed by atoms with E-state index in [-0.39, 0.29) is 41.3 Å². The summed E-state index contributed by atoms with van der Waals surface area (Å²) in [5.74, 6) is -1.40. The molecule has 39 heavy (non-hydrogen) atoms. The minimum absolute atomic E-state index is 0.0151. The van der Waals surface area contributed by atoms with Crippen LogP contribution in [0.4, 0.5) is 10.1 Å². The molecule has 2 aromatic carbocycles. The quantitative estimate of drug-likeness (QED) is 0.383. The fourth-order valence-electron chi connectivity index (χ4n) is 5.57. The normalized spacial score (nSPS) is 19.8. The van der Waals surface area contributed by atoms with E-state index in [0.717, 1.165) is 6.07 Å². The first-order chi connectivity index (χ1) is 18.7. The van der Waals surface area contributed by atoms with Crippen molar-refractivity contribution in [3.8, 4) is 5.75 Å². The van der Waals surface area contributed by atoms with Gasteiger partial charge in [0.1, 0.15) is 23.2 Å². The molecule has 2 aliphatic heterocycles. The van der Waals surface area contributed by atoms with E-state index in [1.807, 2.05) is 4.90 Å². The summed E-state index contributed by atoms with van der Waals surface area (Å²) in [6.07, 6.45) is 1.84. The first-order valence-electron chi connectivity index (χ1n) is 12.4. The molecule has 10 nitrogen and oxygen atoms in total. The number of amides is 1. The maximum absolute atomic E-state index is 15.5. The van der Waals surface area contributed by atoms with Crippen LogP contribution in [0.3, 0.4) is 0 Å². The van der Waals surface area contributed by atoms with Gasteiger partial charge in [0.25, 0.3) is 0 Å². The molecule has 4 aromatic rings. The number of aromatic carboxylic acids is 1. The van der Waals surface area contributed by atoms with Crippen LogP contribution in [0.15, 0.2) is 29.2 Å². The number of nitrogens with one attached hydrogen (secondary N) is 1. The van der Waals surface area contributed by atoms with Crippen LogP contribution in [0.1, 0.15) is 28.6 Å². The van der Waals surface area contributed by atoms with Gasteiger partial charge in [-0.05, 0) is 18.2 Å². The SMILES string of the molecule is O=C(O)c1cn2c3c(c(N4CCN(C(=O)Cc5nc6cc(Cl)c(Cl)cc6[nH]5)CC4)c(F)cc3c1=O)OC1CC12. The Morgan fingerprint density at radius 3 is 2.64 bits per heavy atom. The number of nitrogens with zero attached hydrogens (tertiary/aromatic N) is 4. The van der Waals surface area contributed by atoms with Crippen molar-refractivity contribution in [1.29, 1.82) is 0 Å². The summed E-state index contributed by atoms with van der Waals surface area (Å²) in [5, 5.41) is 10.2. The van der Waals surface area contributed by atoms with Gasteiger partial charge in [-0.3, -0.25) is 9.59 Å². The van der Waals surface area contributed by atoms with Crippen LogP contribution in [0.25, 0.3) is 21.9 Å². The Balaban J connectivity index is 1.14. The number of H-pyrrole nitrogens is 1. The molecule has 0 bridgehead atoms. The van der Waals surface area contributed by atoms with Gasteiger partial charge in [-0.15, -0.1) is 0 Å². The number of imidazole rings is 1. The molecule has 2 aromatic heterocycles. The number of ether oxygens (including phenoxy) is 1. The number of carbonyl (C=O) groups excluding carboxylic acids is 1. The molecule has 0 spiro atoms. The van der Waals surface area contributed by atoms with Crippen LogP contribution in [-0.2, 0) is 11.2 Å². The van der Waals surface area contributed by atoms with E-state index in [1.54, 1.807) is 21.6 Å². The molecule has 2 N–H and O–H groups in total. The molecule has 1 saturated heterocycles. The van der Waals surface area contributed by atoms with E-state index < -0.39 is 22.8 Å². The van der Waals surface area contributed by atoms with Crippen molar-refractivity contribution in [2.75, 3.05) is 31.1 Å². The molecule has 2 atom stereocenters. The van der Waals surface area contributed by atoms with Crippen LogP contribution in [-0.4, -0.2) is 68.7 Å². The lowest BCUT2D eigenvalue weighted by atomic mass is 10.1. The van der Waals surface area contributed by atoms with E-state index in [9.17, 15) is 19.5 Å². The molecule has 7 rings (SSSR count). The Kier molecular flexibility index (Phi) is 5.33. The van der Waals surface area contributed by atoms with Crippen LogP contribution < -0.4 is 15.1 Å². The van der Waals surface area contributed by atoms with E-state index >= 15 is 4.39 Å². The van der Waals surface area contributed by atoms with Crippen molar-refractivity contribution in [3.05, 3.63) is 61.9 Å². The lowest BCUT2D eigenvalue weighted by Crippen LogP contribution is -2.49. The number of benzene rings is 2. The molecule has 0 radical (unpaired) electrons. The van der Waals surface area contributed by atoms with Crippen LogP contribution in [0.2, 0.25) is 10.0 Å². The van der Waals surface area contributed by atoms with Gasteiger partial charge < -0.3 is 29.2 Å². The summed E-state index contributed by atoms with van der Waals surface area (Å²) in [6, 6.07) is 4.32. The molecule has 2 fully saturated rings. The Morgan fingerprint density at radius 2 is 1.90 bits per heavy atom. The Bertz CT molecular complexity index is 1760. The number of hydrogen-bond acceptors (Lipinski definition) is 6.